The zero-order chi connectivity index (χ0) is 15.3. The van der Waals surface area contributed by atoms with Gasteiger partial charge in [-0.2, -0.15) is 0 Å². The van der Waals surface area contributed by atoms with Gasteiger partial charge in [-0.25, -0.2) is 4.79 Å². The first-order valence-corrected chi connectivity index (χ1v) is 7.58. The second-order valence-corrected chi connectivity index (χ2v) is 7.13. The van der Waals surface area contributed by atoms with Gasteiger partial charge in [-0.1, -0.05) is 6.92 Å². The summed E-state index contributed by atoms with van der Waals surface area (Å²) in [6.45, 7) is 1.24. The molecule has 4 aliphatic rings. The van der Waals surface area contributed by atoms with Gasteiger partial charge in [0, 0.05) is 25.7 Å². The van der Waals surface area contributed by atoms with Gasteiger partial charge in [0.05, 0.1) is 11.2 Å². The Balaban J connectivity index is 1.67. The lowest BCUT2D eigenvalue weighted by Crippen LogP contribution is -2.67. The third-order valence-corrected chi connectivity index (χ3v) is 4.93. The topological polar surface area (TPSA) is 93.1 Å². The van der Waals surface area contributed by atoms with Crippen molar-refractivity contribution < 1.29 is 29.3 Å². The van der Waals surface area contributed by atoms with Crippen LogP contribution in [0.3, 0.4) is 0 Å². The maximum Gasteiger partial charge on any atom is 0.344 e. The molecule has 0 aromatic carbocycles. The average molecular weight is 298 g/mol. The molecule has 2 unspecified atom stereocenters. The molecule has 0 amide bonds. The first kappa shape index (κ1) is 14.8. The molecule has 6 nitrogen and oxygen atoms in total. The Morgan fingerprint density at radius 2 is 1.67 bits per heavy atom. The standard InChI is InChI=1S/C15H22O6/c1-2-11(16)20-6-12(17)21-15-5-10-3-13(18,8-15)7-14(19,4-10)9-15/h10,18-19H,2-9H2,1H3. The zero-order valence-electron chi connectivity index (χ0n) is 12.3. The number of esters is 2. The molecule has 4 rings (SSSR count). The summed E-state index contributed by atoms with van der Waals surface area (Å²) in [5.74, 6) is -0.872. The molecule has 4 bridgehead atoms. The molecule has 21 heavy (non-hydrogen) atoms. The van der Waals surface area contributed by atoms with Gasteiger partial charge < -0.3 is 19.7 Å². The van der Waals surface area contributed by atoms with Crippen molar-refractivity contribution >= 4 is 11.9 Å². The van der Waals surface area contributed by atoms with Crippen molar-refractivity contribution in [2.24, 2.45) is 5.92 Å². The molecule has 0 aliphatic heterocycles. The molecule has 4 saturated carbocycles. The van der Waals surface area contributed by atoms with Crippen LogP contribution >= 0.6 is 0 Å². The lowest BCUT2D eigenvalue weighted by molar-refractivity contribution is -0.262. The number of hydrogen-bond donors (Lipinski definition) is 2. The SMILES string of the molecule is CCC(=O)OCC(=O)OC12CC3CC(O)(CC(O)(C3)C1)C2. The van der Waals surface area contributed by atoms with Crippen molar-refractivity contribution in [1.82, 2.24) is 0 Å². The summed E-state index contributed by atoms with van der Waals surface area (Å²) in [7, 11) is 0. The van der Waals surface area contributed by atoms with Gasteiger partial charge in [-0.3, -0.25) is 4.79 Å². The molecule has 118 valence electrons. The van der Waals surface area contributed by atoms with Crippen LogP contribution in [0.15, 0.2) is 0 Å². The molecule has 6 heteroatoms. The smallest absolute Gasteiger partial charge is 0.344 e. The third kappa shape index (κ3) is 2.79. The molecular weight excluding hydrogens is 276 g/mol. The van der Waals surface area contributed by atoms with E-state index in [0.717, 1.165) is 0 Å². The van der Waals surface area contributed by atoms with E-state index in [1.807, 2.05) is 0 Å². The Morgan fingerprint density at radius 1 is 1.05 bits per heavy atom. The molecule has 0 aromatic heterocycles. The van der Waals surface area contributed by atoms with Crippen molar-refractivity contribution in [1.29, 1.82) is 0 Å². The summed E-state index contributed by atoms with van der Waals surface area (Å²) in [5.41, 5.74) is -2.68. The quantitative estimate of drug-likeness (QED) is 0.741. The summed E-state index contributed by atoms with van der Waals surface area (Å²) in [4.78, 5) is 23.0. The third-order valence-electron chi connectivity index (χ3n) is 4.93. The highest BCUT2D eigenvalue weighted by atomic mass is 16.6. The Hall–Kier alpha value is -1.14. The lowest BCUT2D eigenvalue weighted by Gasteiger charge is -2.62. The number of ether oxygens (including phenoxy) is 2. The molecule has 0 radical (unpaired) electrons. The minimum absolute atomic E-state index is 0.183. The molecule has 4 fully saturated rings. The second-order valence-electron chi connectivity index (χ2n) is 7.13. The van der Waals surface area contributed by atoms with Crippen LogP contribution in [0.1, 0.15) is 51.9 Å². The maximum atomic E-state index is 11.9. The van der Waals surface area contributed by atoms with Gasteiger partial charge in [0.2, 0.25) is 0 Å². The fourth-order valence-electron chi connectivity index (χ4n) is 4.88. The fourth-order valence-corrected chi connectivity index (χ4v) is 4.88. The molecule has 2 atom stereocenters. The number of carbonyl (C=O) groups excluding carboxylic acids is 2. The maximum absolute atomic E-state index is 11.9. The second kappa shape index (κ2) is 4.68. The van der Waals surface area contributed by atoms with Gasteiger partial charge in [0.15, 0.2) is 6.61 Å². The predicted octanol–water partition coefficient (Wildman–Crippen LogP) is 0.681. The first-order valence-electron chi connectivity index (χ1n) is 7.58. The highest BCUT2D eigenvalue weighted by Gasteiger charge is 2.64. The summed E-state index contributed by atoms with van der Waals surface area (Å²) in [6, 6.07) is 0. The molecule has 4 aliphatic carbocycles. The van der Waals surface area contributed by atoms with Gasteiger partial charge in [-0.15, -0.1) is 0 Å². The average Bonchev–Trinajstić information content (AvgIpc) is 2.30. The van der Waals surface area contributed by atoms with Gasteiger partial charge in [0.25, 0.3) is 0 Å². The molecule has 0 heterocycles. The van der Waals surface area contributed by atoms with E-state index >= 15 is 0 Å². The number of hydrogen-bond acceptors (Lipinski definition) is 6. The van der Waals surface area contributed by atoms with Gasteiger partial charge in [0.1, 0.15) is 5.60 Å². The van der Waals surface area contributed by atoms with Crippen molar-refractivity contribution in [3.05, 3.63) is 0 Å². The minimum Gasteiger partial charge on any atom is -0.456 e. The van der Waals surface area contributed by atoms with E-state index in [4.69, 9.17) is 9.47 Å². The van der Waals surface area contributed by atoms with Crippen LogP contribution < -0.4 is 0 Å². The number of carbonyl (C=O) groups is 2. The first-order chi connectivity index (χ1) is 9.76. The fraction of sp³-hybridized carbons (Fsp3) is 0.867. The Morgan fingerprint density at radius 3 is 2.19 bits per heavy atom. The highest BCUT2D eigenvalue weighted by molar-refractivity contribution is 5.76. The van der Waals surface area contributed by atoms with Gasteiger partial charge >= 0.3 is 11.9 Å². The molecule has 0 aromatic rings. The van der Waals surface area contributed by atoms with Crippen molar-refractivity contribution in [2.75, 3.05) is 6.61 Å². The number of rotatable bonds is 4. The van der Waals surface area contributed by atoms with E-state index in [2.05, 4.69) is 0 Å². The van der Waals surface area contributed by atoms with Crippen LogP contribution in [0.5, 0.6) is 0 Å². The Labute approximate surface area is 123 Å². The minimum atomic E-state index is -0.936. The van der Waals surface area contributed by atoms with E-state index in [0.29, 0.717) is 38.5 Å². The summed E-state index contributed by atoms with van der Waals surface area (Å²) in [5, 5.41) is 21.1. The zero-order valence-corrected chi connectivity index (χ0v) is 12.3. The summed E-state index contributed by atoms with van der Waals surface area (Å²) in [6.07, 6.45) is 3.31. The molecular formula is C15H22O6. The van der Waals surface area contributed by atoms with Crippen LogP contribution in [0.25, 0.3) is 0 Å². The summed E-state index contributed by atoms with van der Waals surface area (Å²) >= 11 is 0. The van der Waals surface area contributed by atoms with Crippen LogP contribution in [-0.4, -0.2) is 45.6 Å². The molecule has 2 N–H and O–H groups in total. The van der Waals surface area contributed by atoms with E-state index in [-0.39, 0.29) is 12.3 Å². The van der Waals surface area contributed by atoms with Crippen molar-refractivity contribution in [2.45, 2.75) is 68.7 Å². The van der Waals surface area contributed by atoms with Crippen molar-refractivity contribution in [3.63, 3.8) is 0 Å². The Kier molecular flexibility index (Phi) is 3.29. The lowest BCUT2D eigenvalue weighted by atomic mass is 9.50. The predicted molar refractivity (Wildman–Crippen MR) is 71.2 cm³/mol. The van der Waals surface area contributed by atoms with E-state index in [1.54, 1.807) is 6.92 Å². The van der Waals surface area contributed by atoms with E-state index in [9.17, 15) is 19.8 Å². The highest BCUT2D eigenvalue weighted by Crippen LogP contribution is 2.60. The summed E-state index contributed by atoms with van der Waals surface area (Å²) < 4.78 is 10.3. The monoisotopic (exact) mass is 298 g/mol. The largest absolute Gasteiger partial charge is 0.456 e. The van der Waals surface area contributed by atoms with E-state index in [1.165, 1.54) is 0 Å². The normalized spacial score (nSPS) is 43.7. The molecule has 0 saturated heterocycles. The molecule has 0 spiro atoms. The van der Waals surface area contributed by atoms with Crippen LogP contribution in [0, 0.1) is 5.92 Å². The van der Waals surface area contributed by atoms with E-state index < -0.39 is 35.3 Å². The van der Waals surface area contributed by atoms with Crippen LogP contribution in [0.2, 0.25) is 0 Å². The Bertz CT molecular complexity index is 455. The van der Waals surface area contributed by atoms with Gasteiger partial charge in [-0.05, 0) is 25.2 Å². The van der Waals surface area contributed by atoms with Crippen LogP contribution in [-0.2, 0) is 19.1 Å². The van der Waals surface area contributed by atoms with Crippen molar-refractivity contribution in [3.8, 4) is 0 Å². The number of aliphatic hydroxyl groups is 2. The van der Waals surface area contributed by atoms with Crippen LogP contribution in [0.4, 0.5) is 0 Å².